The third-order valence-electron chi connectivity index (χ3n) is 3.36. The number of aromatic nitrogens is 3. The monoisotopic (exact) mass is 242 g/mol. The molecule has 1 aliphatic rings. The van der Waals surface area contributed by atoms with Gasteiger partial charge in [-0.3, -0.25) is 14.9 Å². The molecular formula is C13H14N4O. The lowest BCUT2D eigenvalue weighted by atomic mass is 10.1. The molecule has 1 fully saturated rings. The lowest BCUT2D eigenvalue weighted by Gasteiger charge is -2.16. The van der Waals surface area contributed by atoms with Crippen LogP contribution in [0.2, 0.25) is 0 Å². The molecule has 5 heteroatoms. The van der Waals surface area contributed by atoms with Gasteiger partial charge in [0.05, 0.1) is 0 Å². The molecule has 2 aromatic heterocycles. The largest absolute Gasteiger partial charge is 0.338 e. The Morgan fingerprint density at radius 3 is 2.83 bits per heavy atom. The summed E-state index contributed by atoms with van der Waals surface area (Å²) in [5.74, 6) is 0.456. The number of aromatic amines is 1. The number of rotatable bonds is 2. The first-order valence-electron chi connectivity index (χ1n) is 6.03. The molecule has 0 bridgehead atoms. The fraction of sp³-hybridized carbons (Fsp3) is 0.308. The zero-order valence-corrected chi connectivity index (χ0v) is 9.91. The van der Waals surface area contributed by atoms with Gasteiger partial charge in [-0.25, -0.2) is 0 Å². The molecule has 0 unspecified atom stereocenters. The van der Waals surface area contributed by atoms with E-state index in [4.69, 9.17) is 0 Å². The topological polar surface area (TPSA) is 61.9 Å². The van der Waals surface area contributed by atoms with E-state index in [1.807, 2.05) is 11.0 Å². The lowest BCUT2D eigenvalue weighted by Crippen LogP contribution is -2.28. The van der Waals surface area contributed by atoms with Crippen LogP contribution in [0.15, 0.2) is 36.8 Å². The summed E-state index contributed by atoms with van der Waals surface area (Å²) in [6.45, 7) is 1.55. The van der Waals surface area contributed by atoms with Gasteiger partial charge in [0.2, 0.25) is 0 Å². The quantitative estimate of drug-likeness (QED) is 0.866. The van der Waals surface area contributed by atoms with E-state index < -0.39 is 0 Å². The maximum Gasteiger partial charge on any atom is 0.253 e. The second-order valence-corrected chi connectivity index (χ2v) is 4.48. The molecule has 0 aromatic carbocycles. The smallest absolute Gasteiger partial charge is 0.253 e. The summed E-state index contributed by atoms with van der Waals surface area (Å²) in [6, 6.07) is 5.49. The number of carbonyl (C=O) groups is 1. The summed E-state index contributed by atoms with van der Waals surface area (Å²) in [5, 5.41) is 6.94. The molecule has 92 valence electrons. The molecule has 0 radical (unpaired) electrons. The highest BCUT2D eigenvalue weighted by atomic mass is 16.2. The van der Waals surface area contributed by atoms with Gasteiger partial charge in [-0.15, -0.1) is 0 Å². The normalized spacial score (nSPS) is 19.1. The molecule has 2 aromatic rings. The Hall–Kier alpha value is -2.17. The van der Waals surface area contributed by atoms with Crippen molar-refractivity contribution < 1.29 is 4.79 Å². The number of hydrogen-bond acceptors (Lipinski definition) is 3. The van der Waals surface area contributed by atoms with Crippen LogP contribution in [0.1, 0.15) is 28.4 Å². The number of amides is 1. The molecule has 1 saturated heterocycles. The third kappa shape index (κ3) is 1.99. The van der Waals surface area contributed by atoms with E-state index in [9.17, 15) is 4.79 Å². The van der Waals surface area contributed by atoms with Crippen molar-refractivity contribution in [2.45, 2.75) is 12.3 Å². The number of nitrogens with one attached hydrogen (secondary N) is 1. The van der Waals surface area contributed by atoms with Crippen LogP contribution < -0.4 is 0 Å². The summed E-state index contributed by atoms with van der Waals surface area (Å²) in [6.07, 6.45) is 6.03. The van der Waals surface area contributed by atoms with Gasteiger partial charge in [0.1, 0.15) is 0 Å². The van der Waals surface area contributed by atoms with Gasteiger partial charge in [-0.05, 0) is 24.6 Å². The zero-order valence-electron chi connectivity index (χ0n) is 9.91. The lowest BCUT2D eigenvalue weighted by molar-refractivity contribution is 0.0790. The van der Waals surface area contributed by atoms with Crippen LogP contribution in [0, 0.1) is 0 Å². The Labute approximate surface area is 105 Å². The Balaban J connectivity index is 1.71. The maximum atomic E-state index is 12.2. The highest BCUT2D eigenvalue weighted by Gasteiger charge is 2.28. The molecule has 1 amide bonds. The molecule has 0 spiro atoms. The number of likely N-dealkylation sites (tertiary alicyclic amines) is 1. The van der Waals surface area contributed by atoms with Crippen molar-refractivity contribution in [2.24, 2.45) is 0 Å². The van der Waals surface area contributed by atoms with Crippen molar-refractivity contribution in [3.8, 4) is 0 Å². The molecule has 5 nitrogen and oxygen atoms in total. The molecular weight excluding hydrogens is 228 g/mol. The molecule has 0 aliphatic carbocycles. The van der Waals surface area contributed by atoms with Crippen LogP contribution in [0.4, 0.5) is 0 Å². The van der Waals surface area contributed by atoms with E-state index in [1.54, 1.807) is 30.7 Å². The summed E-state index contributed by atoms with van der Waals surface area (Å²) in [4.78, 5) is 18.1. The van der Waals surface area contributed by atoms with Crippen LogP contribution in [0.3, 0.4) is 0 Å². The van der Waals surface area contributed by atoms with Gasteiger partial charge in [0, 0.05) is 48.9 Å². The summed E-state index contributed by atoms with van der Waals surface area (Å²) < 4.78 is 0. The van der Waals surface area contributed by atoms with Crippen LogP contribution in [0.25, 0.3) is 0 Å². The average Bonchev–Trinajstić information content (AvgIpc) is 3.09. The first-order chi connectivity index (χ1) is 8.84. The summed E-state index contributed by atoms with van der Waals surface area (Å²) in [7, 11) is 0. The fourth-order valence-corrected chi connectivity index (χ4v) is 2.37. The summed E-state index contributed by atoms with van der Waals surface area (Å²) in [5.41, 5.74) is 1.82. The van der Waals surface area contributed by atoms with E-state index >= 15 is 0 Å². The number of pyridine rings is 1. The van der Waals surface area contributed by atoms with Crippen LogP contribution >= 0.6 is 0 Å². The number of carbonyl (C=O) groups excluding carboxylic acids is 1. The van der Waals surface area contributed by atoms with Crippen molar-refractivity contribution in [2.75, 3.05) is 13.1 Å². The molecule has 18 heavy (non-hydrogen) atoms. The van der Waals surface area contributed by atoms with Crippen molar-refractivity contribution >= 4 is 5.91 Å². The van der Waals surface area contributed by atoms with E-state index in [0.717, 1.165) is 25.2 Å². The van der Waals surface area contributed by atoms with Gasteiger partial charge in [0.25, 0.3) is 5.91 Å². The van der Waals surface area contributed by atoms with Gasteiger partial charge in [-0.2, -0.15) is 5.10 Å². The molecule has 3 rings (SSSR count). The average molecular weight is 242 g/mol. The van der Waals surface area contributed by atoms with E-state index in [0.29, 0.717) is 11.5 Å². The number of hydrogen-bond donors (Lipinski definition) is 1. The Kier molecular flexibility index (Phi) is 2.80. The SMILES string of the molecule is O=C(c1ccncc1)N1CC[C@H](c2ccn[nH]2)C1. The van der Waals surface area contributed by atoms with E-state index in [-0.39, 0.29) is 5.91 Å². The minimum absolute atomic E-state index is 0.0828. The van der Waals surface area contributed by atoms with Crippen molar-refractivity contribution in [1.82, 2.24) is 20.1 Å². The minimum Gasteiger partial charge on any atom is -0.338 e. The molecule has 1 N–H and O–H groups in total. The Morgan fingerprint density at radius 1 is 1.28 bits per heavy atom. The molecule has 1 aliphatic heterocycles. The van der Waals surface area contributed by atoms with Crippen molar-refractivity contribution in [3.05, 3.63) is 48.0 Å². The standard InChI is InChI=1S/C13H14N4O/c18-13(10-1-5-14-6-2-10)17-8-4-11(9-17)12-3-7-15-16-12/h1-3,5-7,11H,4,8-9H2,(H,15,16)/t11-/m0/s1. The second kappa shape index (κ2) is 4.60. The van der Waals surface area contributed by atoms with Crippen LogP contribution in [-0.2, 0) is 0 Å². The predicted octanol–water partition coefficient (Wildman–Crippen LogP) is 1.43. The molecule has 0 saturated carbocycles. The number of nitrogens with zero attached hydrogens (tertiary/aromatic N) is 3. The predicted molar refractivity (Wildman–Crippen MR) is 66.1 cm³/mol. The zero-order chi connectivity index (χ0) is 12.4. The molecule has 1 atom stereocenters. The third-order valence-corrected chi connectivity index (χ3v) is 3.36. The van der Waals surface area contributed by atoms with Gasteiger partial charge in [0.15, 0.2) is 0 Å². The second-order valence-electron chi connectivity index (χ2n) is 4.48. The highest BCUT2D eigenvalue weighted by molar-refractivity contribution is 5.94. The van der Waals surface area contributed by atoms with Gasteiger partial charge >= 0.3 is 0 Å². The van der Waals surface area contributed by atoms with Crippen molar-refractivity contribution in [1.29, 1.82) is 0 Å². The van der Waals surface area contributed by atoms with Crippen LogP contribution in [0.5, 0.6) is 0 Å². The van der Waals surface area contributed by atoms with Gasteiger partial charge in [-0.1, -0.05) is 0 Å². The fourth-order valence-electron chi connectivity index (χ4n) is 2.37. The maximum absolute atomic E-state index is 12.2. The number of H-pyrrole nitrogens is 1. The van der Waals surface area contributed by atoms with Crippen LogP contribution in [-0.4, -0.2) is 39.1 Å². The van der Waals surface area contributed by atoms with Crippen molar-refractivity contribution in [3.63, 3.8) is 0 Å². The van der Waals surface area contributed by atoms with E-state index in [1.165, 1.54) is 0 Å². The highest BCUT2D eigenvalue weighted by Crippen LogP contribution is 2.26. The minimum atomic E-state index is 0.0828. The first kappa shape index (κ1) is 11.0. The first-order valence-corrected chi connectivity index (χ1v) is 6.03. The van der Waals surface area contributed by atoms with Gasteiger partial charge < -0.3 is 4.90 Å². The van der Waals surface area contributed by atoms with E-state index in [2.05, 4.69) is 15.2 Å². The Morgan fingerprint density at radius 2 is 2.11 bits per heavy atom. The Bertz CT molecular complexity index is 523. The molecule has 3 heterocycles. The summed E-state index contributed by atoms with van der Waals surface area (Å²) >= 11 is 0.